The van der Waals surface area contributed by atoms with Gasteiger partial charge in [0.15, 0.2) is 0 Å². The van der Waals surface area contributed by atoms with E-state index in [4.69, 9.17) is 0 Å². The predicted octanol–water partition coefficient (Wildman–Crippen LogP) is 2.03. The molecule has 0 saturated heterocycles. The van der Waals surface area contributed by atoms with Crippen molar-refractivity contribution in [1.29, 1.82) is 0 Å². The number of benzene rings is 1. The minimum Gasteiger partial charge on any atom is 2.00 e. The Morgan fingerprint density at radius 3 is 1.50 bits per heavy atom. The van der Waals surface area contributed by atoms with Crippen LogP contribution in [0.1, 0.15) is 64.2 Å². The van der Waals surface area contributed by atoms with Crippen molar-refractivity contribution in [2.45, 2.75) is 75.5 Å². The van der Waals surface area contributed by atoms with E-state index < -0.39 is 18.5 Å². The summed E-state index contributed by atoms with van der Waals surface area (Å²) in [4.78, 5) is 24.3. The van der Waals surface area contributed by atoms with Gasteiger partial charge in [0.25, 0.3) is 0 Å². The molecule has 6 heteroatoms. The molecule has 0 heterocycles. The fourth-order valence-electron chi connectivity index (χ4n) is 6.34. The molecule has 0 aliphatic heterocycles. The third-order valence-corrected chi connectivity index (χ3v) is 15.7. The van der Waals surface area contributed by atoms with E-state index in [1.54, 1.807) is 0 Å². The van der Waals surface area contributed by atoms with Gasteiger partial charge in [-0.2, -0.15) is 0 Å². The van der Waals surface area contributed by atoms with Gasteiger partial charge in [-0.1, -0.05) is 0 Å². The van der Waals surface area contributed by atoms with E-state index in [0.717, 1.165) is 69.5 Å². The molecule has 1 aromatic carbocycles. The molecule has 28 heavy (non-hydrogen) atoms. The van der Waals surface area contributed by atoms with Crippen molar-refractivity contribution in [3.63, 3.8) is 0 Å². The van der Waals surface area contributed by atoms with Gasteiger partial charge in [-0.25, -0.2) is 0 Å². The van der Waals surface area contributed by atoms with Crippen molar-refractivity contribution in [1.82, 2.24) is 0 Å². The topological polar surface area (TPSA) is 80.3 Å². The van der Waals surface area contributed by atoms with Gasteiger partial charge in [0, 0.05) is 0 Å². The van der Waals surface area contributed by atoms with Crippen molar-refractivity contribution in [3.8, 4) is 0 Å². The molecule has 2 fully saturated rings. The fourth-order valence-corrected chi connectivity index (χ4v) is 14.8. The molecule has 0 N–H and O–H groups in total. The first kappa shape index (κ1) is 23.5. The van der Waals surface area contributed by atoms with Crippen LogP contribution < -0.4 is 15.5 Å². The summed E-state index contributed by atoms with van der Waals surface area (Å²) < 4.78 is 0. The van der Waals surface area contributed by atoms with Crippen LogP contribution in [0.3, 0.4) is 0 Å². The van der Waals surface area contributed by atoms with Crippen LogP contribution in [0, 0.1) is 0 Å². The molecule has 4 nitrogen and oxygen atoms in total. The van der Waals surface area contributed by atoms with Gasteiger partial charge in [0.1, 0.15) is 0 Å². The van der Waals surface area contributed by atoms with Gasteiger partial charge in [0.2, 0.25) is 0 Å². The minimum absolute atomic E-state index is 0. The number of hydrogen-bond donors (Lipinski definition) is 0. The van der Waals surface area contributed by atoms with Gasteiger partial charge in [0.05, 0.1) is 0 Å². The van der Waals surface area contributed by atoms with Gasteiger partial charge < -0.3 is 0 Å². The minimum atomic E-state index is -3.39. The Kier molecular flexibility index (Phi) is 8.27. The second kappa shape index (κ2) is 9.84. The number of rotatable bonds is 7. The Morgan fingerprint density at radius 1 is 0.750 bits per heavy atom. The molecule has 2 saturated carbocycles. The molecule has 158 valence electrons. The molecule has 2 aliphatic carbocycles. The summed E-state index contributed by atoms with van der Waals surface area (Å²) in [6.45, 7) is -3.39. The normalized spacial score (nSPS) is 20.5. The number of aliphatic carboxylic acids is 2. The van der Waals surface area contributed by atoms with E-state index in [9.17, 15) is 19.8 Å². The van der Waals surface area contributed by atoms with E-state index in [1.165, 1.54) is 0 Å². The summed E-state index contributed by atoms with van der Waals surface area (Å²) in [7, 11) is 0. The van der Waals surface area contributed by atoms with E-state index in [1.807, 2.05) is 30.3 Å². The SMILES string of the molecule is O=C([O-])CP(CC(=O)[O-])(c1ccccc1)(C1CCCCC1)C1CCCCC1.[Pd+2]. The molecular weight excluding hydrogens is 466 g/mol. The monoisotopic (exact) mass is 496 g/mol. The van der Waals surface area contributed by atoms with Crippen molar-refractivity contribution < 1.29 is 40.2 Å². The molecule has 0 radical (unpaired) electrons. The molecule has 0 bridgehead atoms. The second-order valence-corrected chi connectivity index (χ2v) is 14.6. The maximum atomic E-state index is 12.2. The zero-order valence-electron chi connectivity index (χ0n) is 16.4. The van der Waals surface area contributed by atoms with E-state index in [-0.39, 0.29) is 44.1 Å². The second-order valence-electron chi connectivity index (χ2n) is 8.66. The van der Waals surface area contributed by atoms with Crippen LogP contribution in [-0.4, -0.2) is 35.6 Å². The van der Waals surface area contributed by atoms with Crippen LogP contribution in [0.4, 0.5) is 0 Å². The smallest absolute Gasteiger partial charge is 2.00 e. The predicted molar refractivity (Wildman–Crippen MR) is 106 cm³/mol. The molecule has 1 aromatic rings. The van der Waals surface area contributed by atoms with E-state index in [2.05, 4.69) is 0 Å². The molecule has 0 unspecified atom stereocenters. The molecular formula is C22H31O4PPd. The van der Waals surface area contributed by atoms with Crippen LogP contribution in [-0.2, 0) is 30.0 Å². The third kappa shape index (κ3) is 4.23. The number of carbonyl (C=O) groups excluding carboxylic acids is 2. The quantitative estimate of drug-likeness (QED) is 0.427. The average molecular weight is 497 g/mol. The molecule has 0 spiro atoms. The number of carboxylic acid groups (broad SMARTS) is 2. The zero-order valence-corrected chi connectivity index (χ0v) is 18.9. The first-order chi connectivity index (χ1) is 13.0. The zero-order chi connectivity index (χ0) is 19.4. The average Bonchev–Trinajstić information content (AvgIpc) is 2.69. The van der Waals surface area contributed by atoms with Gasteiger partial charge >= 0.3 is 182 Å². The molecule has 0 atom stereocenters. The largest absolute Gasteiger partial charge is 2.00 e. The van der Waals surface area contributed by atoms with Crippen LogP contribution >= 0.6 is 6.60 Å². The van der Waals surface area contributed by atoms with Crippen molar-refractivity contribution in [2.24, 2.45) is 0 Å². The first-order valence-electron chi connectivity index (χ1n) is 10.4. The van der Waals surface area contributed by atoms with Gasteiger partial charge in [-0.05, 0) is 0 Å². The van der Waals surface area contributed by atoms with Gasteiger partial charge in [-0.3, -0.25) is 0 Å². The Balaban J connectivity index is 0.00000280. The van der Waals surface area contributed by atoms with Crippen molar-refractivity contribution >= 4 is 23.8 Å². The Bertz CT molecular complexity index is 628. The standard InChI is InChI=1S/C22H33O4P.Pd/c23-21(24)16-27(17-22(25)26,18-10-4-1-5-11-18,19-12-6-2-7-13-19)20-14-8-3-9-15-20;/h1,4-5,10-11,19-20H,2-3,6-9,12-17H2,(H,23,24)(H,25,26);/q;+2/p-2. The summed E-state index contributed by atoms with van der Waals surface area (Å²) >= 11 is 0. The first-order valence-corrected chi connectivity index (χ1v) is 13.2. The van der Waals surface area contributed by atoms with E-state index in [0.29, 0.717) is 0 Å². The summed E-state index contributed by atoms with van der Waals surface area (Å²) in [5, 5.41) is 25.3. The molecule has 0 aromatic heterocycles. The number of carboxylic acids is 2. The van der Waals surface area contributed by atoms with E-state index >= 15 is 0 Å². The van der Waals surface area contributed by atoms with Crippen LogP contribution in [0.25, 0.3) is 0 Å². The van der Waals surface area contributed by atoms with Crippen molar-refractivity contribution in [3.05, 3.63) is 30.3 Å². The summed E-state index contributed by atoms with van der Waals surface area (Å²) in [5.41, 5.74) is 0.317. The summed E-state index contributed by atoms with van der Waals surface area (Å²) in [6, 6.07) is 9.81. The molecule has 3 rings (SSSR count). The van der Waals surface area contributed by atoms with Crippen LogP contribution in [0.15, 0.2) is 30.3 Å². The van der Waals surface area contributed by atoms with Crippen LogP contribution in [0.2, 0.25) is 0 Å². The van der Waals surface area contributed by atoms with Crippen LogP contribution in [0.5, 0.6) is 0 Å². The van der Waals surface area contributed by atoms with Crippen molar-refractivity contribution in [2.75, 3.05) is 12.3 Å². The number of carbonyl (C=O) groups is 2. The van der Waals surface area contributed by atoms with Gasteiger partial charge in [-0.15, -0.1) is 0 Å². The Morgan fingerprint density at radius 2 is 1.14 bits per heavy atom. The maximum absolute atomic E-state index is 12.2. The summed E-state index contributed by atoms with van der Waals surface area (Å²) in [6.07, 6.45) is 10.1. The third-order valence-electron chi connectivity index (χ3n) is 7.39. The fraction of sp³-hybridized carbons (Fsp3) is 0.636. The Labute approximate surface area is 182 Å². The molecule has 0 amide bonds. The molecule has 2 aliphatic rings. The Hall–Kier alpha value is -0.748. The number of hydrogen-bond acceptors (Lipinski definition) is 4. The maximum Gasteiger partial charge on any atom is 2.00 e. The summed E-state index contributed by atoms with van der Waals surface area (Å²) in [5.74, 6) is -2.18.